The number of nitrogen functional groups attached to an aromatic ring is 1. The second-order valence-corrected chi connectivity index (χ2v) is 5.33. The summed E-state index contributed by atoms with van der Waals surface area (Å²) in [5.41, 5.74) is 6.78. The number of likely N-dealkylation sites (N-methyl/N-ethyl adjacent to an activating group) is 1. The molecule has 0 amide bonds. The van der Waals surface area contributed by atoms with Crippen molar-refractivity contribution >= 4 is 17.1 Å². The van der Waals surface area contributed by atoms with E-state index in [0.29, 0.717) is 17.3 Å². The van der Waals surface area contributed by atoms with E-state index in [2.05, 4.69) is 24.1 Å². The van der Waals surface area contributed by atoms with Crippen LogP contribution in [0.5, 0.6) is 0 Å². The van der Waals surface area contributed by atoms with Crippen molar-refractivity contribution < 1.29 is 4.92 Å². The molecule has 0 aromatic heterocycles. The van der Waals surface area contributed by atoms with Crippen LogP contribution in [0.25, 0.3) is 0 Å². The molecule has 106 valence electrons. The molecule has 0 heterocycles. The van der Waals surface area contributed by atoms with Crippen molar-refractivity contribution in [2.75, 3.05) is 31.7 Å². The van der Waals surface area contributed by atoms with Crippen LogP contribution in [0, 0.1) is 16.0 Å². The lowest BCUT2D eigenvalue weighted by molar-refractivity contribution is -0.384. The van der Waals surface area contributed by atoms with Gasteiger partial charge in [0.2, 0.25) is 0 Å². The van der Waals surface area contributed by atoms with Crippen LogP contribution in [0.3, 0.4) is 0 Å². The number of hydrogen-bond donors (Lipinski definition) is 2. The largest absolute Gasteiger partial charge is 0.398 e. The Hall–Kier alpha value is -1.82. The second kappa shape index (κ2) is 6.38. The molecule has 1 aromatic carbocycles. The topological polar surface area (TPSA) is 84.4 Å². The van der Waals surface area contributed by atoms with Crippen LogP contribution < -0.4 is 11.1 Å². The van der Waals surface area contributed by atoms with Crippen molar-refractivity contribution in [1.29, 1.82) is 0 Å². The Morgan fingerprint density at radius 2 is 2.00 bits per heavy atom. The van der Waals surface area contributed by atoms with Gasteiger partial charge in [0.15, 0.2) is 0 Å². The van der Waals surface area contributed by atoms with Gasteiger partial charge >= 0.3 is 0 Å². The Balaban J connectivity index is 2.92. The van der Waals surface area contributed by atoms with Gasteiger partial charge in [0.05, 0.1) is 4.92 Å². The summed E-state index contributed by atoms with van der Waals surface area (Å²) >= 11 is 0. The smallest absolute Gasteiger partial charge is 0.273 e. The number of nitrogens with one attached hydrogen (secondary N) is 1. The third-order valence-corrected chi connectivity index (χ3v) is 2.87. The Kier molecular flexibility index (Phi) is 5.11. The lowest BCUT2D eigenvalue weighted by Crippen LogP contribution is -2.36. The highest BCUT2D eigenvalue weighted by atomic mass is 16.6. The Morgan fingerprint density at radius 1 is 1.37 bits per heavy atom. The maximum atomic E-state index is 10.8. The van der Waals surface area contributed by atoms with Crippen LogP contribution >= 0.6 is 0 Å². The van der Waals surface area contributed by atoms with E-state index in [1.807, 2.05) is 14.1 Å². The fraction of sp³-hybridized carbons (Fsp3) is 0.538. The molecule has 19 heavy (non-hydrogen) atoms. The maximum absolute atomic E-state index is 10.8. The standard InChI is InChI=1S/C13H22N4O2/c1-9(2)13(8-16(3)4)15-11-5-10(14)6-12(7-11)17(18)19/h5-7,9,13,15H,8,14H2,1-4H3. The van der Waals surface area contributed by atoms with Gasteiger partial charge in [-0.15, -0.1) is 0 Å². The van der Waals surface area contributed by atoms with Crippen molar-refractivity contribution in [2.45, 2.75) is 19.9 Å². The quantitative estimate of drug-likeness (QED) is 0.468. The Bertz CT molecular complexity index is 446. The lowest BCUT2D eigenvalue weighted by Gasteiger charge is -2.26. The average Bonchev–Trinajstić information content (AvgIpc) is 2.26. The first-order valence-electron chi connectivity index (χ1n) is 6.26. The van der Waals surface area contributed by atoms with Crippen LogP contribution in [0.2, 0.25) is 0 Å². The van der Waals surface area contributed by atoms with Gasteiger partial charge in [0.1, 0.15) is 0 Å². The van der Waals surface area contributed by atoms with Gasteiger partial charge < -0.3 is 16.0 Å². The van der Waals surface area contributed by atoms with E-state index in [4.69, 9.17) is 5.73 Å². The molecule has 0 bridgehead atoms. The van der Waals surface area contributed by atoms with E-state index >= 15 is 0 Å². The maximum Gasteiger partial charge on any atom is 0.273 e. The summed E-state index contributed by atoms with van der Waals surface area (Å²) in [5.74, 6) is 0.405. The molecule has 1 atom stereocenters. The minimum atomic E-state index is -0.433. The number of nitrogens with two attached hydrogens (primary N) is 1. The number of nitro groups is 1. The van der Waals surface area contributed by atoms with E-state index < -0.39 is 4.92 Å². The molecule has 0 radical (unpaired) electrons. The molecule has 0 aliphatic carbocycles. The summed E-state index contributed by atoms with van der Waals surface area (Å²) in [7, 11) is 4.00. The molecule has 1 aromatic rings. The van der Waals surface area contributed by atoms with Crippen molar-refractivity contribution in [3.05, 3.63) is 28.3 Å². The first kappa shape index (κ1) is 15.2. The summed E-state index contributed by atoms with van der Waals surface area (Å²) in [6.45, 7) is 5.07. The zero-order valence-corrected chi connectivity index (χ0v) is 11.9. The summed E-state index contributed by atoms with van der Waals surface area (Å²) in [6, 6.07) is 4.80. The molecule has 3 N–H and O–H groups in total. The molecule has 0 aliphatic rings. The molecular weight excluding hydrogens is 244 g/mol. The molecular formula is C13H22N4O2. The Morgan fingerprint density at radius 3 is 2.47 bits per heavy atom. The fourth-order valence-corrected chi connectivity index (χ4v) is 1.85. The van der Waals surface area contributed by atoms with Crippen LogP contribution in [0.15, 0.2) is 18.2 Å². The first-order valence-corrected chi connectivity index (χ1v) is 6.26. The number of rotatable bonds is 6. The number of nitro benzene ring substituents is 1. The lowest BCUT2D eigenvalue weighted by atomic mass is 10.0. The van der Waals surface area contributed by atoms with Crippen molar-refractivity contribution in [1.82, 2.24) is 4.90 Å². The molecule has 1 unspecified atom stereocenters. The van der Waals surface area contributed by atoms with Gasteiger partial charge in [0, 0.05) is 36.1 Å². The SMILES string of the molecule is CC(C)C(CN(C)C)Nc1cc(N)cc([N+](=O)[O-])c1. The number of benzene rings is 1. The molecule has 0 saturated heterocycles. The van der Waals surface area contributed by atoms with Crippen molar-refractivity contribution in [3.63, 3.8) is 0 Å². The minimum absolute atomic E-state index is 0.00913. The van der Waals surface area contributed by atoms with E-state index in [9.17, 15) is 10.1 Å². The second-order valence-electron chi connectivity index (χ2n) is 5.33. The summed E-state index contributed by atoms with van der Waals surface area (Å²) in [5, 5.41) is 14.1. The van der Waals surface area contributed by atoms with Gasteiger partial charge in [0.25, 0.3) is 5.69 Å². The average molecular weight is 266 g/mol. The van der Waals surface area contributed by atoms with Crippen LogP contribution in [0.4, 0.5) is 17.1 Å². The number of anilines is 2. The van der Waals surface area contributed by atoms with E-state index in [-0.39, 0.29) is 11.7 Å². The van der Waals surface area contributed by atoms with Gasteiger partial charge in [-0.05, 0) is 26.1 Å². The van der Waals surface area contributed by atoms with Crippen LogP contribution in [0.1, 0.15) is 13.8 Å². The van der Waals surface area contributed by atoms with Crippen molar-refractivity contribution in [3.8, 4) is 0 Å². The first-order chi connectivity index (χ1) is 8.79. The van der Waals surface area contributed by atoms with Gasteiger partial charge in [-0.1, -0.05) is 13.8 Å². The highest BCUT2D eigenvalue weighted by Gasteiger charge is 2.16. The van der Waals surface area contributed by atoms with Gasteiger partial charge in [-0.25, -0.2) is 0 Å². The molecule has 1 rings (SSSR count). The molecule has 0 fully saturated rings. The monoisotopic (exact) mass is 266 g/mol. The van der Waals surface area contributed by atoms with Gasteiger partial charge in [-0.2, -0.15) is 0 Å². The zero-order valence-electron chi connectivity index (χ0n) is 11.9. The number of hydrogen-bond acceptors (Lipinski definition) is 5. The minimum Gasteiger partial charge on any atom is -0.398 e. The zero-order chi connectivity index (χ0) is 14.6. The Labute approximate surface area is 113 Å². The normalized spacial score (nSPS) is 12.7. The third-order valence-electron chi connectivity index (χ3n) is 2.87. The fourth-order valence-electron chi connectivity index (χ4n) is 1.85. The third kappa shape index (κ3) is 4.75. The molecule has 0 saturated carbocycles. The van der Waals surface area contributed by atoms with E-state index in [0.717, 1.165) is 6.54 Å². The van der Waals surface area contributed by atoms with E-state index in [1.165, 1.54) is 12.1 Å². The molecule has 0 spiro atoms. The molecule has 6 nitrogen and oxygen atoms in total. The van der Waals surface area contributed by atoms with Crippen LogP contribution in [-0.2, 0) is 0 Å². The predicted octanol–water partition coefficient (Wildman–Crippen LogP) is 2.18. The summed E-state index contributed by atoms with van der Waals surface area (Å²) in [4.78, 5) is 12.5. The highest BCUT2D eigenvalue weighted by Crippen LogP contribution is 2.24. The summed E-state index contributed by atoms with van der Waals surface area (Å²) in [6.07, 6.45) is 0. The number of nitrogens with zero attached hydrogens (tertiary/aromatic N) is 2. The van der Waals surface area contributed by atoms with Gasteiger partial charge in [-0.3, -0.25) is 10.1 Å². The van der Waals surface area contributed by atoms with Crippen LogP contribution in [-0.4, -0.2) is 36.5 Å². The van der Waals surface area contributed by atoms with Crippen molar-refractivity contribution in [2.24, 2.45) is 5.92 Å². The summed E-state index contributed by atoms with van der Waals surface area (Å²) < 4.78 is 0. The number of non-ortho nitro benzene ring substituents is 1. The van der Waals surface area contributed by atoms with E-state index in [1.54, 1.807) is 6.07 Å². The predicted molar refractivity (Wildman–Crippen MR) is 78.3 cm³/mol. The highest BCUT2D eigenvalue weighted by molar-refractivity contribution is 5.61. The molecule has 0 aliphatic heterocycles. The molecule has 6 heteroatoms.